The van der Waals surface area contributed by atoms with Gasteiger partial charge in [-0.15, -0.1) is 0 Å². The van der Waals surface area contributed by atoms with Crippen molar-refractivity contribution >= 4 is 11.4 Å². The van der Waals surface area contributed by atoms with Gasteiger partial charge >= 0.3 is 6.18 Å². The highest BCUT2D eigenvalue weighted by molar-refractivity contribution is 5.79. The van der Waals surface area contributed by atoms with Gasteiger partial charge in [-0.1, -0.05) is 0 Å². The molecule has 30 heavy (non-hydrogen) atoms. The number of fused-ring (bicyclic) bond motifs is 1. The van der Waals surface area contributed by atoms with Crippen LogP contribution in [0.3, 0.4) is 0 Å². The molecule has 0 saturated carbocycles. The van der Waals surface area contributed by atoms with Gasteiger partial charge < -0.3 is 9.47 Å². The molecule has 1 aromatic carbocycles. The molecule has 2 aromatic heterocycles. The largest absolute Gasteiger partial charge is 0.419 e. The highest BCUT2D eigenvalue weighted by Crippen LogP contribution is 2.34. The predicted molar refractivity (Wildman–Crippen MR) is 95.9 cm³/mol. The number of aromatic nitrogens is 3. The molecule has 0 spiro atoms. The lowest BCUT2D eigenvalue weighted by molar-refractivity contribution is -0.144. The molecule has 1 aliphatic rings. The topological polar surface area (TPSA) is 59.6 Å². The average molecular weight is 426 g/mol. The lowest BCUT2D eigenvalue weighted by Crippen LogP contribution is -2.60. The minimum atomic E-state index is -4.91. The van der Waals surface area contributed by atoms with E-state index in [-0.39, 0.29) is 36.4 Å². The van der Waals surface area contributed by atoms with Gasteiger partial charge in [0.25, 0.3) is 5.56 Å². The number of likely N-dealkylation sites (tertiary alicyclic amines) is 1. The van der Waals surface area contributed by atoms with Gasteiger partial charge in [0, 0.05) is 18.0 Å². The maximum Gasteiger partial charge on any atom is 0.419 e. The Balaban J connectivity index is 1.73. The minimum Gasteiger partial charge on any atom is -0.335 e. The molecule has 4 rings (SSSR count). The van der Waals surface area contributed by atoms with Crippen molar-refractivity contribution in [3.63, 3.8) is 0 Å². The Labute approximate surface area is 166 Å². The zero-order valence-electron chi connectivity index (χ0n) is 15.6. The molecule has 3 aromatic rings. The molecule has 0 atom stereocenters. The molecule has 3 heterocycles. The van der Waals surface area contributed by atoms with Crippen LogP contribution in [0.25, 0.3) is 16.8 Å². The number of hydrogen-bond acceptors (Lipinski definition) is 3. The van der Waals surface area contributed by atoms with Gasteiger partial charge in [-0.25, -0.2) is 13.8 Å². The van der Waals surface area contributed by atoms with E-state index in [1.807, 2.05) is 0 Å². The summed E-state index contributed by atoms with van der Waals surface area (Å²) in [5.41, 5.74) is -3.83. The molecule has 0 radical (unpaired) electrons. The lowest BCUT2D eigenvalue weighted by atomic mass is 9.99. The van der Waals surface area contributed by atoms with E-state index in [0.717, 1.165) is 10.6 Å². The zero-order valence-corrected chi connectivity index (χ0v) is 15.6. The number of hydrogen-bond donors (Lipinski definition) is 0. The first-order valence-corrected chi connectivity index (χ1v) is 8.86. The van der Waals surface area contributed by atoms with E-state index in [9.17, 15) is 31.5 Å². The second-order valence-corrected chi connectivity index (χ2v) is 7.44. The van der Waals surface area contributed by atoms with Gasteiger partial charge in [0.2, 0.25) is 5.91 Å². The molecule has 0 unspecified atom stereocenters. The molecular weight excluding hydrogens is 411 g/mol. The monoisotopic (exact) mass is 426 g/mol. The van der Waals surface area contributed by atoms with Crippen LogP contribution in [0, 0.1) is 5.82 Å². The molecule has 0 N–H and O–H groups in total. The number of benzene rings is 1. The van der Waals surface area contributed by atoms with Crippen LogP contribution in [0.5, 0.6) is 0 Å². The number of nitrogens with zero attached hydrogens (tertiary/aromatic N) is 4. The van der Waals surface area contributed by atoms with Gasteiger partial charge in [0.15, 0.2) is 0 Å². The molecule has 0 bridgehead atoms. The van der Waals surface area contributed by atoms with E-state index >= 15 is 0 Å². The Morgan fingerprint density at radius 2 is 1.93 bits per heavy atom. The maximum absolute atomic E-state index is 13.6. The summed E-state index contributed by atoms with van der Waals surface area (Å²) in [5.74, 6) is -1.90. The summed E-state index contributed by atoms with van der Waals surface area (Å²) < 4.78 is 68.7. The first-order valence-electron chi connectivity index (χ1n) is 8.86. The summed E-state index contributed by atoms with van der Waals surface area (Å²) in [6, 6.07) is 2.34. The fourth-order valence-electron chi connectivity index (χ4n) is 3.44. The van der Waals surface area contributed by atoms with Gasteiger partial charge in [-0.2, -0.15) is 13.2 Å². The van der Waals surface area contributed by atoms with Gasteiger partial charge in [-0.3, -0.25) is 14.0 Å². The summed E-state index contributed by atoms with van der Waals surface area (Å²) in [4.78, 5) is 30.4. The Bertz CT molecular complexity index is 1200. The number of amides is 1. The van der Waals surface area contributed by atoms with E-state index in [2.05, 4.69) is 4.98 Å². The van der Waals surface area contributed by atoms with Gasteiger partial charge in [0.05, 0.1) is 18.7 Å². The summed E-state index contributed by atoms with van der Waals surface area (Å²) in [6.45, 7) is 0.867. The smallest absolute Gasteiger partial charge is 0.335 e. The van der Waals surface area contributed by atoms with E-state index in [4.69, 9.17) is 0 Å². The third-order valence-electron chi connectivity index (χ3n) is 4.91. The molecule has 1 amide bonds. The van der Waals surface area contributed by atoms with Crippen LogP contribution in [0.15, 0.2) is 41.7 Å². The predicted octanol–water partition coefficient (Wildman–Crippen LogP) is 2.89. The van der Waals surface area contributed by atoms with Crippen LogP contribution in [-0.2, 0) is 17.5 Å². The van der Waals surface area contributed by atoms with E-state index in [1.54, 1.807) is 0 Å². The summed E-state index contributed by atoms with van der Waals surface area (Å²) in [7, 11) is 0. The highest BCUT2D eigenvalue weighted by Gasteiger charge is 2.41. The summed E-state index contributed by atoms with van der Waals surface area (Å²) in [6.07, 6.45) is -0.924. The van der Waals surface area contributed by atoms with Gasteiger partial charge in [-0.05, 0) is 25.1 Å². The molecule has 1 aliphatic heterocycles. The van der Waals surface area contributed by atoms with E-state index in [0.29, 0.717) is 12.1 Å². The van der Waals surface area contributed by atoms with Crippen molar-refractivity contribution < 1.29 is 26.7 Å². The Morgan fingerprint density at radius 3 is 2.57 bits per heavy atom. The van der Waals surface area contributed by atoms with Crippen molar-refractivity contribution in [2.75, 3.05) is 13.1 Å². The zero-order chi connectivity index (χ0) is 21.8. The first-order chi connectivity index (χ1) is 14.0. The Morgan fingerprint density at radius 1 is 1.23 bits per heavy atom. The van der Waals surface area contributed by atoms with Crippen LogP contribution in [0.4, 0.5) is 22.0 Å². The average Bonchev–Trinajstić information content (AvgIpc) is 3.06. The quantitative estimate of drug-likeness (QED) is 0.606. The summed E-state index contributed by atoms with van der Waals surface area (Å²) >= 11 is 0. The molecule has 1 fully saturated rings. The van der Waals surface area contributed by atoms with Crippen LogP contribution in [0.2, 0.25) is 0 Å². The molecule has 158 valence electrons. The third-order valence-corrected chi connectivity index (χ3v) is 4.91. The van der Waals surface area contributed by atoms with Crippen LogP contribution in [-0.4, -0.2) is 43.5 Å². The number of carbonyl (C=O) groups is 1. The minimum absolute atomic E-state index is 0.0658. The SMILES string of the molecule is CC1(F)CN(C(=O)Cn2ccn3cnc(-c4ccc(F)c(C(F)(F)F)c4)c3c2=O)C1. The highest BCUT2D eigenvalue weighted by atomic mass is 19.4. The Hall–Kier alpha value is -3.24. The number of alkyl halides is 4. The van der Waals surface area contributed by atoms with Crippen molar-refractivity contribution in [3.8, 4) is 11.3 Å². The number of imidazole rings is 1. The fraction of sp³-hybridized carbons (Fsp3) is 0.316. The Kier molecular flexibility index (Phi) is 4.44. The van der Waals surface area contributed by atoms with Crippen LogP contribution < -0.4 is 5.56 Å². The second-order valence-electron chi connectivity index (χ2n) is 7.44. The third kappa shape index (κ3) is 3.44. The van der Waals surface area contributed by atoms with Crippen molar-refractivity contribution in [2.24, 2.45) is 0 Å². The van der Waals surface area contributed by atoms with Crippen LogP contribution >= 0.6 is 0 Å². The number of carbonyl (C=O) groups excluding carboxylic acids is 1. The molecule has 6 nitrogen and oxygen atoms in total. The second kappa shape index (κ2) is 6.64. The first kappa shape index (κ1) is 20.0. The number of rotatable bonds is 3. The molecular formula is C19H15F5N4O2. The molecule has 1 saturated heterocycles. The van der Waals surface area contributed by atoms with Crippen LogP contribution in [0.1, 0.15) is 12.5 Å². The fourth-order valence-corrected chi connectivity index (χ4v) is 3.44. The normalized spacial score (nSPS) is 16.0. The van der Waals surface area contributed by atoms with Crippen molar-refractivity contribution in [1.29, 1.82) is 0 Å². The molecule has 0 aliphatic carbocycles. The van der Waals surface area contributed by atoms with Crippen molar-refractivity contribution in [1.82, 2.24) is 18.9 Å². The standard InChI is InChI=1S/C19H15F5N4O2/c1-18(21)8-28(9-18)14(29)7-26-4-5-27-10-25-15(16(27)17(26)30)11-2-3-13(20)12(6-11)19(22,23)24/h2-6,10H,7-9H2,1H3. The van der Waals surface area contributed by atoms with Gasteiger partial charge in [0.1, 0.15) is 35.6 Å². The molecule has 11 heteroatoms. The lowest BCUT2D eigenvalue weighted by Gasteiger charge is -2.42. The van der Waals surface area contributed by atoms with E-state index < -0.39 is 34.7 Å². The van der Waals surface area contributed by atoms with E-state index in [1.165, 1.54) is 34.9 Å². The van der Waals surface area contributed by atoms with Crippen molar-refractivity contribution in [3.05, 3.63) is 58.7 Å². The maximum atomic E-state index is 13.6. The number of halogens is 5. The summed E-state index contributed by atoms with van der Waals surface area (Å²) in [5, 5.41) is 0. The van der Waals surface area contributed by atoms with Crippen molar-refractivity contribution in [2.45, 2.75) is 25.3 Å².